The summed E-state index contributed by atoms with van der Waals surface area (Å²) >= 11 is 0. The van der Waals surface area contributed by atoms with Crippen molar-refractivity contribution in [2.24, 2.45) is 5.84 Å². The predicted octanol–water partition coefficient (Wildman–Crippen LogP) is 2.96. The Morgan fingerprint density at radius 2 is 2.10 bits per heavy atom. The molecule has 0 aromatic carbocycles. The van der Waals surface area contributed by atoms with Crippen LogP contribution in [0.4, 0.5) is 11.6 Å². The molecule has 1 aromatic heterocycles. The van der Waals surface area contributed by atoms with E-state index >= 15 is 0 Å². The van der Waals surface area contributed by atoms with Gasteiger partial charge in [-0.25, -0.2) is 15.8 Å². The maximum atomic E-state index is 5.63. The Morgan fingerprint density at radius 1 is 1.35 bits per heavy atom. The highest BCUT2D eigenvalue weighted by molar-refractivity contribution is 5.59. The first kappa shape index (κ1) is 15.0. The van der Waals surface area contributed by atoms with Crippen LogP contribution in [0.15, 0.2) is 0 Å². The lowest BCUT2D eigenvalue weighted by atomic mass is 9.99. The van der Waals surface area contributed by atoms with Crippen molar-refractivity contribution in [2.75, 3.05) is 16.9 Å². The quantitative estimate of drug-likeness (QED) is 0.654. The van der Waals surface area contributed by atoms with E-state index in [2.05, 4.69) is 43.0 Å². The Balaban J connectivity index is 2.45. The van der Waals surface area contributed by atoms with Gasteiger partial charge in [-0.2, -0.15) is 0 Å². The summed E-state index contributed by atoms with van der Waals surface area (Å²) in [5.41, 5.74) is 3.78. The van der Waals surface area contributed by atoms with Gasteiger partial charge >= 0.3 is 0 Å². The van der Waals surface area contributed by atoms with E-state index in [1.165, 1.54) is 19.3 Å². The number of piperidine rings is 1. The van der Waals surface area contributed by atoms with Crippen molar-refractivity contribution in [3.05, 3.63) is 11.4 Å². The molecule has 1 aliphatic rings. The van der Waals surface area contributed by atoms with E-state index in [1.807, 2.05) is 0 Å². The molecule has 1 aliphatic heterocycles. The van der Waals surface area contributed by atoms with Gasteiger partial charge in [-0.3, -0.25) is 0 Å². The van der Waals surface area contributed by atoms with Gasteiger partial charge in [0.05, 0.1) is 0 Å². The van der Waals surface area contributed by atoms with Gasteiger partial charge in [-0.05, 0) is 32.6 Å². The Kier molecular flexibility index (Phi) is 4.81. The molecule has 1 aromatic rings. The molecule has 2 heterocycles. The number of hydrogen-bond donors (Lipinski definition) is 2. The molecule has 0 aliphatic carbocycles. The lowest BCUT2D eigenvalue weighted by molar-refractivity contribution is 0.445. The zero-order valence-corrected chi connectivity index (χ0v) is 13.1. The first-order valence-corrected chi connectivity index (χ1v) is 7.70. The zero-order valence-electron chi connectivity index (χ0n) is 13.1. The molecule has 5 heteroatoms. The fourth-order valence-electron chi connectivity index (χ4n) is 2.90. The number of anilines is 2. The number of hydrogen-bond acceptors (Lipinski definition) is 5. The molecule has 1 atom stereocenters. The zero-order chi connectivity index (χ0) is 14.7. The predicted molar refractivity (Wildman–Crippen MR) is 83.9 cm³/mol. The van der Waals surface area contributed by atoms with Crippen LogP contribution in [-0.2, 0) is 0 Å². The average molecular weight is 277 g/mol. The third kappa shape index (κ3) is 2.87. The summed E-state index contributed by atoms with van der Waals surface area (Å²) in [6.07, 6.45) is 4.97. The van der Waals surface area contributed by atoms with Crippen LogP contribution in [-0.4, -0.2) is 22.6 Å². The van der Waals surface area contributed by atoms with Gasteiger partial charge < -0.3 is 10.3 Å². The Labute approximate surface area is 121 Å². The highest BCUT2D eigenvalue weighted by Gasteiger charge is 2.25. The van der Waals surface area contributed by atoms with Crippen molar-refractivity contribution in [3.63, 3.8) is 0 Å². The van der Waals surface area contributed by atoms with Crippen molar-refractivity contribution < 1.29 is 0 Å². The minimum Gasteiger partial charge on any atom is -0.353 e. The molecule has 0 radical (unpaired) electrons. The fraction of sp³-hybridized carbons (Fsp3) is 0.733. The maximum absolute atomic E-state index is 5.63. The number of nitrogens with one attached hydrogen (secondary N) is 1. The number of nitrogens with zero attached hydrogens (tertiary/aromatic N) is 3. The molecule has 3 N–H and O–H groups in total. The number of nitrogens with two attached hydrogens (primary N) is 1. The number of nitrogen functional groups attached to an aromatic ring is 1. The van der Waals surface area contributed by atoms with Crippen molar-refractivity contribution >= 4 is 11.6 Å². The Bertz CT molecular complexity index is 458. The van der Waals surface area contributed by atoms with Crippen molar-refractivity contribution in [3.8, 4) is 0 Å². The molecule has 0 spiro atoms. The van der Waals surface area contributed by atoms with Crippen LogP contribution in [0.25, 0.3) is 0 Å². The smallest absolute Gasteiger partial charge is 0.148 e. The second-order valence-corrected chi connectivity index (χ2v) is 5.93. The Morgan fingerprint density at radius 3 is 2.70 bits per heavy atom. The summed E-state index contributed by atoms with van der Waals surface area (Å²) in [5, 5.41) is 0. The molecule has 0 amide bonds. The van der Waals surface area contributed by atoms with Crippen LogP contribution in [0.3, 0.4) is 0 Å². The van der Waals surface area contributed by atoms with Gasteiger partial charge in [0.2, 0.25) is 0 Å². The molecular weight excluding hydrogens is 250 g/mol. The summed E-state index contributed by atoms with van der Waals surface area (Å²) in [4.78, 5) is 11.8. The molecule has 5 nitrogen and oxygen atoms in total. The minimum absolute atomic E-state index is 0.298. The molecule has 112 valence electrons. The number of aromatic nitrogens is 2. The summed E-state index contributed by atoms with van der Waals surface area (Å²) in [6.45, 7) is 9.61. The van der Waals surface area contributed by atoms with Crippen LogP contribution < -0.4 is 16.2 Å². The Hall–Kier alpha value is -1.36. The van der Waals surface area contributed by atoms with E-state index in [0.29, 0.717) is 12.0 Å². The molecule has 1 fully saturated rings. The third-order valence-electron chi connectivity index (χ3n) is 4.16. The minimum atomic E-state index is 0.298. The van der Waals surface area contributed by atoms with Crippen molar-refractivity contribution in [2.45, 2.75) is 65.3 Å². The van der Waals surface area contributed by atoms with E-state index in [1.54, 1.807) is 0 Å². The first-order chi connectivity index (χ1) is 9.58. The molecule has 1 unspecified atom stereocenters. The van der Waals surface area contributed by atoms with Crippen LogP contribution in [0, 0.1) is 6.92 Å². The van der Waals surface area contributed by atoms with Crippen molar-refractivity contribution in [1.29, 1.82) is 0 Å². The average Bonchev–Trinajstić information content (AvgIpc) is 2.47. The highest BCUT2D eigenvalue weighted by Crippen LogP contribution is 2.31. The van der Waals surface area contributed by atoms with Crippen molar-refractivity contribution in [1.82, 2.24) is 9.97 Å². The van der Waals surface area contributed by atoms with Gasteiger partial charge in [0.25, 0.3) is 0 Å². The molecule has 0 saturated carbocycles. The monoisotopic (exact) mass is 277 g/mol. The second kappa shape index (κ2) is 6.39. The van der Waals surface area contributed by atoms with E-state index in [9.17, 15) is 0 Å². The van der Waals surface area contributed by atoms with Gasteiger partial charge in [-0.15, -0.1) is 0 Å². The topological polar surface area (TPSA) is 67.1 Å². The first-order valence-electron chi connectivity index (χ1n) is 7.70. The molecule has 20 heavy (non-hydrogen) atoms. The summed E-state index contributed by atoms with van der Waals surface area (Å²) in [7, 11) is 0. The van der Waals surface area contributed by atoms with Crippen LogP contribution in [0.1, 0.15) is 63.8 Å². The van der Waals surface area contributed by atoms with E-state index in [4.69, 9.17) is 10.8 Å². The van der Waals surface area contributed by atoms with E-state index in [0.717, 1.165) is 36.0 Å². The molecule has 0 bridgehead atoms. The fourth-order valence-corrected chi connectivity index (χ4v) is 2.90. The summed E-state index contributed by atoms with van der Waals surface area (Å²) < 4.78 is 0. The van der Waals surface area contributed by atoms with E-state index < -0.39 is 0 Å². The standard InChI is InChI=1S/C15H27N5/c1-5-12-8-6-7-9-20(12)15-11(4)14(19-16)17-13(18-15)10(2)3/h10,12H,5-9,16H2,1-4H3,(H,17,18,19). The molecular formula is C15H27N5. The lowest BCUT2D eigenvalue weighted by Gasteiger charge is -2.37. The molecule has 1 saturated heterocycles. The summed E-state index contributed by atoms with van der Waals surface area (Å²) in [6, 6.07) is 0.586. The lowest BCUT2D eigenvalue weighted by Crippen LogP contribution is -2.40. The van der Waals surface area contributed by atoms with Crippen LogP contribution in [0.2, 0.25) is 0 Å². The van der Waals surface area contributed by atoms with Gasteiger partial charge in [0.1, 0.15) is 17.5 Å². The second-order valence-electron chi connectivity index (χ2n) is 5.93. The highest BCUT2D eigenvalue weighted by atomic mass is 15.3. The van der Waals surface area contributed by atoms with Gasteiger partial charge in [-0.1, -0.05) is 20.8 Å². The SMILES string of the molecule is CCC1CCCCN1c1nc(C(C)C)nc(NN)c1C. The summed E-state index contributed by atoms with van der Waals surface area (Å²) in [5.74, 6) is 8.59. The van der Waals surface area contributed by atoms with E-state index in [-0.39, 0.29) is 0 Å². The normalized spacial score (nSPS) is 19.5. The van der Waals surface area contributed by atoms with Gasteiger partial charge in [0, 0.05) is 24.1 Å². The van der Waals surface area contributed by atoms with Gasteiger partial charge in [0.15, 0.2) is 0 Å². The third-order valence-corrected chi connectivity index (χ3v) is 4.16. The maximum Gasteiger partial charge on any atom is 0.148 e. The number of hydrazine groups is 1. The largest absolute Gasteiger partial charge is 0.353 e. The molecule has 2 rings (SSSR count). The number of rotatable bonds is 4. The van der Waals surface area contributed by atoms with Crippen LogP contribution >= 0.6 is 0 Å². The van der Waals surface area contributed by atoms with Crippen LogP contribution in [0.5, 0.6) is 0 Å².